The molecule has 0 unspecified atom stereocenters. The van der Waals surface area contributed by atoms with Crippen LogP contribution < -0.4 is 9.47 Å². The molecule has 0 radical (unpaired) electrons. The first-order valence-electron chi connectivity index (χ1n) is 6.78. The van der Waals surface area contributed by atoms with Gasteiger partial charge in [-0.15, -0.1) is 0 Å². The molecule has 0 fully saturated rings. The highest BCUT2D eigenvalue weighted by atomic mass is 16.6. The van der Waals surface area contributed by atoms with Gasteiger partial charge in [-0.1, -0.05) is 24.9 Å². The van der Waals surface area contributed by atoms with E-state index >= 15 is 0 Å². The second-order valence-corrected chi connectivity index (χ2v) is 4.12. The Bertz CT molecular complexity index is 391. The molecule has 0 spiro atoms. The molecule has 1 rings (SSSR count). The first-order valence-corrected chi connectivity index (χ1v) is 6.78. The number of ether oxygens (including phenoxy) is 2. The molecule has 0 heterocycles. The monoisotopic (exact) mass is 265 g/mol. The highest BCUT2D eigenvalue weighted by molar-refractivity contribution is 5.80. The van der Waals surface area contributed by atoms with Crippen molar-refractivity contribution >= 4 is 6.21 Å². The van der Waals surface area contributed by atoms with Gasteiger partial charge in [-0.05, 0) is 31.5 Å². The van der Waals surface area contributed by atoms with Crippen LogP contribution in [-0.2, 0) is 4.84 Å². The molecule has 0 atom stereocenters. The fourth-order valence-corrected chi connectivity index (χ4v) is 1.61. The van der Waals surface area contributed by atoms with Gasteiger partial charge in [0.2, 0.25) is 0 Å². The molecule has 0 amide bonds. The summed E-state index contributed by atoms with van der Waals surface area (Å²) in [5, 5.41) is 3.94. The zero-order valence-electron chi connectivity index (χ0n) is 12.0. The highest BCUT2D eigenvalue weighted by Crippen LogP contribution is 2.27. The van der Waals surface area contributed by atoms with Crippen LogP contribution in [0.4, 0.5) is 0 Å². The van der Waals surface area contributed by atoms with Crippen molar-refractivity contribution in [3.05, 3.63) is 23.8 Å². The fourth-order valence-electron chi connectivity index (χ4n) is 1.61. The number of hydrogen-bond acceptors (Lipinski definition) is 4. The summed E-state index contributed by atoms with van der Waals surface area (Å²) in [5.41, 5.74) is 0.927. The third-order valence-corrected chi connectivity index (χ3v) is 2.60. The predicted octanol–water partition coefficient (Wildman–Crippen LogP) is 3.63. The Hall–Kier alpha value is -1.71. The van der Waals surface area contributed by atoms with Gasteiger partial charge in [-0.2, -0.15) is 0 Å². The van der Waals surface area contributed by atoms with Gasteiger partial charge in [-0.25, -0.2) is 0 Å². The van der Waals surface area contributed by atoms with E-state index in [1.54, 1.807) is 13.3 Å². The minimum Gasteiger partial charge on any atom is -0.493 e. The number of hydrogen-bond donors (Lipinski definition) is 0. The summed E-state index contributed by atoms with van der Waals surface area (Å²) in [7, 11) is 1.63. The lowest BCUT2D eigenvalue weighted by molar-refractivity contribution is 0.141. The maximum Gasteiger partial charge on any atom is 0.161 e. The van der Waals surface area contributed by atoms with Crippen LogP contribution in [-0.4, -0.2) is 26.5 Å². The summed E-state index contributed by atoms with van der Waals surface area (Å²) in [6.45, 7) is 5.39. The lowest BCUT2D eigenvalue weighted by atomic mass is 10.2. The molecule has 0 aliphatic heterocycles. The number of rotatable bonds is 9. The maximum absolute atomic E-state index is 5.45. The Labute approximate surface area is 115 Å². The van der Waals surface area contributed by atoms with E-state index in [1.807, 2.05) is 25.1 Å². The molecule has 106 valence electrons. The molecule has 0 saturated carbocycles. The molecule has 0 aliphatic carbocycles. The third kappa shape index (κ3) is 5.64. The summed E-state index contributed by atoms with van der Waals surface area (Å²) >= 11 is 0. The quantitative estimate of drug-likeness (QED) is 0.389. The number of oxime groups is 1. The minimum absolute atomic E-state index is 0.615. The number of benzene rings is 1. The number of methoxy groups -OCH3 is 1. The smallest absolute Gasteiger partial charge is 0.161 e. The van der Waals surface area contributed by atoms with E-state index in [0.29, 0.717) is 19.0 Å². The lowest BCUT2D eigenvalue weighted by Crippen LogP contribution is -1.96. The SMILES string of the molecule is CCCCCO/N=C/c1ccc(OCC)c(OC)c1. The van der Waals surface area contributed by atoms with Gasteiger partial charge in [0.25, 0.3) is 0 Å². The normalized spacial score (nSPS) is 10.7. The van der Waals surface area contributed by atoms with Crippen molar-refractivity contribution in [1.82, 2.24) is 0 Å². The van der Waals surface area contributed by atoms with Crippen LogP contribution in [0.2, 0.25) is 0 Å². The van der Waals surface area contributed by atoms with Gasteiger partial charge < -0.3 is 14.3 Å². The standard InChI is InChI=1S/C15H23NO3/c1-4-6-7-10-19-16-12-13-8-9-14(18-5-2)15(11-13)17-3/h8-9,11-12H,4-7,10H2,1-3H3/b16-12+. The second kappa shape index (κ2) is 9.25. The van der Waals surface area contributed by atoms with Crippen molar-refractivity contribution in [1.29, 1.82) is 0 Å². The molecule has 0 saturated heterocycles. The van der Waals surface area contributed by atoms with E-state index in [4.69, 9.17) is 14.3 Å². The summed E-state index contributed by atoms with van der Waals surface area (Å²) in [5.74, 6) is 1.45. The summed E-state index contributed by atoms with van der Waals surface area (Å²) < 4.78 is 10.7. The van der Waals surface area contributed by atoms with Gasteiger partial charge in [0.1, 0.15) is 6.61 Å². The number of unbranched alkanes of at least 4 members (excludes halogenated alkanes) is 2. The van der Waals surface area contributed by atoms with Crippen LogP contribution in [0.1, 0.15) is 38.7 Å². The topological polar surface area (TPSA) is 40.0 Å². The van der Waals surface area contributed by atoms with E-state index in [0.717, 1.165) is 17.7 Å². The van der Waals surface area contributed by atoms with E-state index < -0.39 is 0 Å². The number of nitrogens with zero attached hydrogens (tertiary/aromatic N) is 1. The zero-order chi connectivity index (χ0) is 13.9. The van der Waals surface area contributed by atoms with E-state index in [1.165, 1.54) is 12.8 Å². The zero-order valence-corrected chi connectivity index (χ0v) is 12.0. The molecule has 0 bridgehead atoms. The van der Waals surface area contributed by atoms with Crippen molar-refractivity contribution < 1.29 is 14.3 Å². The van der Waals surface area contributed by atoms with Crippen LogP contribution in [0.15, 0.2) is 23.4 Å². The predicted molar refractivity (Wildman–Crippen MR) is 77.2 cm³/mol. The maximum atomic E-state index is 5.45. The first-order chi connectivity index (χ1) is 9.31. The Balaban J connectivity index is 2.51. The molecule has 1 aromatic carbocycles. The van der Waals surface area contributed by atoms with Crippen molar-refractivity contribution in [2.45, 2.75) is 33.1 Å². The van der Waals surface area contributed by atoms with Crippen molar-refractivity contribution in [3.8, 4) is 11.5 Å². The Morgan fingerprint density at radius 3 is 2.68 bits per heavy atom. The van der Waals surface area contributed by atoms with Crippen molar-refractivity contribution in [2.75, 3.05) is 20.3 Å². The van der Waals surface area contributed by atoms with Crippen molar-refractivity contribution in [2.24, 2.45) is 5.16 Å². The van der Waals surface area contributed by atoms with Crippen LogP contribution >= 0.6 is 0 Å². The molecule has 0 aromatic heterocycles. The van der Waals surface area contributed by atoms with Crippen LogP contribution in [0, 0.1) is 0 Å². The van der Waals surface area contributed by atoms with Crippen molar-refractivity contribution in [3.63, 3.8) is 0 Å². The molecular weight excluding hydrogens is 242 g/mol. The molecule has 19 heavy (non-hydrogen) atoms. The second-order valence-electron chi connectivity index (χ2n) is 4.12. The third-order valence-electron chi connectivity index (χ3n) is 2.60. The van der Waals surface area contributed by atoms with Gasteiger partial charge in [0.15, 0.2) is 11.5 Å². The van der Waals surface area contributed by atoms with Gasteiger partial charge in [0, 0.05) is 5.56 Å². The Morgan fingerprint density at radius 1 is 1.16 bits per heavy atom. The molecule has 4 nitrogen and oxygen atoms in total. The first kappa shape index (κ1) is 15.3. The Morgan fingerprint density at radius 2 is 2.00 bits per heavy atom. The van der Waals surface area contributed by atoms with E-state index in [2.05, 4.69) is 12.1 Å². The van der Waals surface area contributed by atoms with Gasteiger partial charge in [0.05, 0.1) is 19.9 Å². The molecule has 1 aromatic rings. The molecule has 0 N–H and O–H groups in total. The highest BCUT2D eigenvalue weighted by Gasteiger charge is 2.03. The summed E-state index contributed by atoms with van der Waals surface area (Å²) in [4.78, 5) is 5.19. The van der Waals surface area contributed by atoms with Gasteiger partial charge >= 0.3 is 0 Å². The molecule has 4 heteroatoms. The average molecular weight is 265 g/mol. The van der Waals surface area contributed by atoms with E-state index in [9.17, 15) is 0 Å². The summed E-state index contributed by atoms with van der Waals surface area (Å²) in [6.07, 6.45) is 5.08. The lowest BCUT2D eigenvalue weighted by Gasteiger charge is -2.09. The largest absolute Gasteiger partial charge is 0.493 e. The van der Waals surface area contributed by atoms with E-state index in [-0.39, 0.29) is 0 Å². The minimum atomic E-state index is 0.615. The van der Waals surface area contributed by atoms with Crippen LogP contribution in [0.5, 0.6) is 11.5 Å². The van der Waals surface area contributed by atoms with Gasteiger partial charge in [-0.3, -0.25) is 0 Å². The fraction of sp³-hybridized carbons (Fsp3) is 0.533. The van der Waals surface area contributed by atoms with Crippen LogP contribution in [0.3, 0.4) is 0 Å². The summed E-state index contributed by atoms with van der Waals surface area (Å²) in [6, 6.07) is 5.68. The molecular formula is C15H23NO3. The molecule has 0 aliphatic rings. The average Bonchev–Trinajstić information content (AvgIpc) is 2.44. The Kier molecular flexibility index (Phi) is 7.47. The van der Waals surface area contributed by atoms with Crippen LogP contribution in [0.25, 0.3) is 0 Å².